The summed E-state index contributed by atoms with van der Waals surface area (Å²) in [5.41, 5.74) is 0. The Hall–Kier alpha value is -2.54. The Bertz CT molecular complexity index is 1470. The Morgan fingerprint density at radius 1 is 0.432 bits per heavy atom. The number of hydrogen-bond acceptors (Lipinski definition) is 15. The molecule has 4 unspecified atom stereocenters. The molecule has 15 heteroatoms. The fourth-order valence-electron chi connectivity index (χ4n) is 8.99. The van der Waals surface area contributed by atoms with Gasteiger partial charge in [-0.2, -0.15) is 0 Å². The van der Waals surface area contributed by atoms with Crippen LogP contribution in [0.5, 0.6) is 0 Å². The van der Waals surface area contributed by atoms with Crippen LogP contribution in [0.15, 0.2) is 48.6 Å². The van der Waals surface area contributed by atoms with Gasteiger partial charge in [-0.1, -0.05) is 184 Å². The van der Waals surface area contributed by atoms with Gasteiger partial charge in [-0.3, -0.25) is 9.59 Å². The molecule has 15 nitrogen and oxygen atoms in total. The van der Waals surface area contributed by atoms with Crippen LogP contribution in [-0.2, 0) is 38.0 Å². The third-order valence-electron chi connectivity index (χ3n) is 13.8. The van der Waals surface area contributed by atoms with Crippen molar-refractivity contribution in [3.8, 4) is 0 Å². The van der Waals surface area contributed by atoms with Crippen LogP contribution >= 0.6 is 0 Å². The highest BCUT2D eigenvalue weighted by Crippen LogP contribution is 2.27. The van der Waals surface area contributed by atoms with Gasteiger partial charge in [0.25, 0.3) is 0 Å². The van der Waals surface area contributed by atoms with Crippen molar-refractivity contribution in [1.82, 2.24) is 0 Å². The van der Waals surface area contributed by atoms with E-state index in [0.29, 0.717) is 19.3 Å². The first-order valence-corrected chi connectivity index (χ1v) is 29.2. The summed E-state index contributed by atoms with van der Waals surface area (Å²) < 4.78 is 33.6. The Labute approximate surface area is 446 Å². The minimum Gasteiger partial charge on any atom is -0.462 e. The first-order valence-electron chi connectivity index (χ1n) is 29.2. The van der Waals surface area contributed by atoms with Crippen LogP contribution in [0.1, 0.15) is 219 Å². The maximum atomic E-state index is 13.0. The molecule has 2 fully saturated rings. The molecule has 0 spiro atoms. The monoisotopic (exact) mass is 1050 g/mol. The summed E-state index contributed by atoms with van der Waals surface area (Å²) in [5.74, 6) is -1.00. The number of ether oxygens (including phenoxy) is 6. The third kappa shape index (κ3) is 32.3. The van der Waals surface area contributed by atoms with E-state index in [2.05, 4.69) is 62.5 Å². The molecule has 2 saturated heterocycles. The van der Waals surface area contributed by atoms with Gasteiger partial charge in [-0.15, -0.1) is 0 Å². The molecule has 11 atom stereocenters. The average Bonchev–Trinajstić information content (AvgIpc) is 3.39. The number of aliphatic hydroxyl groups excluding tert-OH is 7. The molecule has 2 aliphatic heterocycles. The minimum atomic E-state index is -1.78. The van der Waals surface area contributed by atoms with Gasteiger partial charge in [0.05, 0.1) is 19.8 Å². The Kier molecular flexibility index (Phi) is 41.5. The van der Waals surface area contributed by atoms with E-state index in [1.54, 1.807) is 0 Å². The molecule has 0 aromatic carbocycles. The summed E-state index contributed by atoms with van der Waals surface area (Å²) in [6.07, 6.45) is 35.8. The number of rotatable bonds is 46. The topological polar surface area (TPSA) is 231 Å². The SMILES string of the molecule is CCCCC/C=C/C/C=C/C/C=C/CCCCC(=O)OC[C@H](CO[C@H]1O[C@@H](CO[C@H]2O[C@@H](CO)[C@@H](O)C(O)C2O)[C@@H](O)C(O)C1O)OC(=O)CCC/C=C/CCCCCCCCCCCCCCCCCCCC. The van der Waals surface area contributed by atoms with E-state index in [-0.39, 0.29) is 19.4 Å². The lowest BCUT2D eigenvalue weighted by Gasteiger charge is -2.42. The second-order valence-electron chi connectivity index (χ2n) is 20.5. The van der Waals surface area contributed by atoms with Crippen molar-refractivity contribution in [2.75, 3.05) is 26.4 Å². The van der Waals surface area contributed by atoms with Crippen molar-refractivity contribution in [1.29, 1.82) is 0 Å². The van der Waals surface area contributed by atoms with E-state index in [1.807, 2.05) is 0 Å². The van der Waals surface area contributed by atoms with Crippen LogP contribution in [0.2, 0.25) is 0 Å². The lowest BCUT2D eigenvalue weighted by atomic mass is 9.98. The van der Waals surface area contributed by atoms with Crippen LogP contribution in [0.25, 0.3) is 0 Å². The van der Waals surface area contributed by atoms with Crippen LogP contribution in [0, 0.1) is 0 Å². The van der Waals surface area contributed by atoms with Gasteiger partial charge in [0.2, 0.25) is 0 Å². The van der Waals surface area contributed by atoms with Gasteiger partial charge in [0.1, 0.15) is 55.4 Å². The summed E-state index contributed by atoms with van der Waals surface area (Å²) in [5, 5.41) is 72.2. The summed E-state index contributed by atoms with van der Waals surface area (Å²) in [6, 6.07) is 0. The molecule has 0 aromatic rings. The van der Waals surface area contributed by atoms with Gasteiger partial charge >= 0.3 is 11.9 Å². The minimum absolute atomic E-state index is 0.109. The molecule has 0 bridgehead atoms. The van der Waals surface area contributed by atoms with Crippen LogP contribution < -0.4 is 0 Å². The van der Waals surface area contributed by atoms with Crippen LogP contribution in [0.3, 0.4) is 0 Å². The molecule has 2 heterocycles. The van der Waals surface area contributed by atoms with Gasteiger partial charge in [-0.25, -0.2) is 0 Å². The normalized spacial score (nSPS) is 25.0. The zero-order valence-corrected chi connectivity index (χ0v) is 45.8. The third-order valence-corrected chi connectivity index (χ3v) is 13.8. The summed E-state index contributed by atoms with van der Waals surface area (Å²) in [7, 11) is 0. The number of unbranched alkanes of at least 4 members (excludes halogenated alkanes) is 24. The molecule has 430 valence electrons. The van der Waals surface area contributed by atoms with E-state index < -0.39 is 99.3 Å². The Balaban J connectivity index is 1.76. The van der Waals surface area contributed by atoms with Crippen LogP contribution in [0.4, 0.5) is 0 Å². The second kappa shape index (κ2) is 45.5. The second-order valence-corrected chi connectivity index (χ2v) is 20.5. The first-order chi connectivity index (χ1) is 36.0. The van der Waals surface area contributed by atoms with E-state index in [9.17, 15) is 45.3 Å². The van der Waals surface area contributed by atoms with Gasteiger partial charge in [0, 0.05) is 12.8 Å². The Morgan fingerprint density at radius 2 is 0.824 bits per heavy atom. The molecular weight excluding hydrogens is 949 g/mol. The molecule has 0 aliphatic carbocycles. The van der Waals surface area contributed by atoms with Crippen LogP contribution in [-0.4, -0.2) is 142 Å². The smallest absolute Gasteiger partial charge is 0.306 e. The number of hydrogen-bond donors (Lipinski definition) is 7. The standard InChI is InChI=1S/C59H104O15/c1-3-5-7-9-11-13-15-17-19-20-21-22-23-24-25-26-28-30-32-34-36-38-40-42-51(62)72-47(44-69-50(61)41-39-37-35-33-31-29-27-18-16-14-12-10-8-6-4-2)45-70-58-57(68)55(66)53(64)49(74-58)46-71-59-56(67)54(65)52(63)48(43-60)73-59/h12,14,18,27,31,33-34,36,47-49,52-60,63-68H,3-11,13,15-17,19-26,28-30,32,35,37-46H2,1-2H3/b14-12+,27-18+,33-31+,36-34+/t47-,48+,49+,52-,53-,54?,55?,56?,57?,58+,59+/m1/s1. The van der Waals surface area contributed by atoms with Crippen molar-refractivity contribution in [3.63, 3.8) is 0 Å². The molecule has 74 heavy (non-hydrogen) atoms. The highest BCUT2D eigenvalue weighted by Gasteiger charge is 2.47. The number of carbonyl (C=O) groups excluding carboxylic acids is 2. The van der Waals surface area contributed by atoms with E-state index in [1.165, 1.54) is 128 Å². The molecule has 0 saturated carbocycles. The summed E-state index contributed by atoms with van der Waals surface area (Å²) in [4.78, 5) is 25.8. The number of esters is 2. The first kappa shape index (κ1) is 67.6. The summed E-state index contributed by atoms with van der Waals surface area (Å²) >= 11 is 0. The van der Waals surface area contributed by atoms with Gasteiger partial charge in [0.15, 0.2) is 18.7 Å². The molecule has 0 amide bonds. The molecule has 0 radical (unpaired) electrons. The van der Waals surface area contributed by atoms with Crippen molar-refractivity contribution in [2.45, 2.75) is 287 Å². The lowest BCUT2D eigenvalue weighted by molar-refractivity contribution is -0.332. The highest BCUT2D eigenvalue weighted by molar-refractivity contribution is 5.70. The zero-order chi connectivity index (χ0) is 53.9. The number of aliphatic hydroxyl groups is 7. The van der Waals surface area contributed by atoms with Crippen molar-refractivity contribution in [2.24, 2.45) is 0 Å². The zero-order valence-electron chi connectivity index (χ0n) is 45.8. The molecular formula is C59H104O15. The lowest BCUT2D eigenvalue weighted by Crippen LogP contribution is -2.61. The van der Waals surface area contributed by atoms with Gasteiger partial charge < -0.3 is 64.2 Å². The largest absolute Gasteiger partial charge is 0.462 e. The molecule has 2 rings (SSSR count). The van der Waals surface area contributed by atoms with E-state index >= 15 is 0 Å². The predicted molar refractivity (Wildman–Crippen MR) is 289 cm³/mol. The maximum absolute atomic E-state index is 13.0. The average molecular weight is 1050 g/mol. The highest BCUT2D eigenvalue weighted by atomic mass is 16.7. The van der Waals surface area contributed by atoms with Gasteiger partial charge in [-0.05, 0) is 70.6 Å². The Morgan fingerprint density at radius 3 is 1.35 bits per heavy atom. The fraction of sp³-hybridized carbons (Fsp3) is 0.831. The van der Waals surface area contributed by atoms with Crippen molar-refractivity contribution >= 4 is 11.9 Å². The van der Waals surface area contributed by atoms with E-state index in [0.717, 1.165) is 44.9 Å². The number of allylic oxidation sites excluding steroid dienone is 8. The van der Waals surface area contributed by atoms with Crippen molar-refractivity contribution in [3.05, 3.63) is 48.6 Å². The summed E-state index contributed by atoms with van der Waals surface area (Å²) in [6.45, 7) is 2.52. The van der Waals surface area contributed by atoms with E-state index in [4.69, 9.17) is 28.4 Å². The predicted octanol–water partition coefficient (Wildman–Crippen LogP) is 9.83. The van der Waals surface area contributed by atoms with Crippen molar-refractivity contribution < 1.29 is 73.8 Å². The molecule has 2 aliphatic rings. The molecule has 7 N–H and O–H groups in total. The maximum Gasteiger partial charge on any atom is 0.306 e. The quantitative estimate of drug-likeness (QED) is 0.0171. The fourth-order valence-corrected chi connectivity index (χ4v) is 8.99. The molecule has 0 aromatic heterocycles. The number of carbonyl (C=O) groups is 2.